The maximum Gasteiger partial charge on any atom is 0.235 e. The van der Waals surface area contributed by atoms with Crippen LogP contribution in [0.1, 0.15) is 16.7 Å². The second-order valence-electron chi connectivity index (χ2n) is 5.66. The topological polar surface area (TPSA) is 79.4 Å². The van der Waals surface area contributed by atoms with Crippen molar-refractivity contribution < 1.29 is 13.2 Å². The van der Waals surface area contributed by atoms with E-state index in [9.17, 15) is 13.2 Å². The maximum absolute atomic E-state index is 12.1. The normalized spacial score (nSPS) is 11.5. The molecule has 0 aliphatic rings. The molecule has 0 aliphatic heterocycles. The number of carbonyl (C=O) groups is 1. The lowest BCUT2D eigenvalue weighted by Crippen LogP contribution is -2.39. The predicted octanol–water partition coefficient (Wildman–Crippen LogP) is 1.47. The van der Waals surface area contributed by atoms with Crippen molar-refractivity contribution in [1.82, 2.24) is 14.6 Å². The van der Waals surface area contributed by atoms with Crippen LogP contribution in [0.15, 0.2) is 48.8 Å². The van der Waals surface area contributed by atoms with Gasteiger partial charge in [0, 0.05) is 25.5 Å². The monoisotopic (exact) mass is 347 g/mol. The Kier molecular flexibility index (Phi) is 6.05. The lowest BCUT2D eigenvalue weighted by Gasteiger charge is -2.19. The molecule has 0 aliphatic carbocycles. The van der Waals surface area contributed by atoms with Gasteiger partial charge in [-0.1, -0.05) is 35.9 Å². The van der Waals surface area contributed by atoms with Gasteiger partial charge in [-0.25, -0.2) is 8.42 Å². The molecule has 0 saturated heterocycles. The Morgan fingerprint density at radius 3 is 2.58 bits per heavy atom. The predicted molar refractivity (Wildman–Crippen MR) is 92.5 cm³/mol. The number of benzene rings is 1. The van der Waals surface area contributed by atoms with Crippen molar-refractivity contribution in [3.8, 4) is 0 Å². The molecule has 0 atom stereocenters. The molecule has 0 radical (unpaired) electrons. The molecular formula is C17H21N3O3S. The number of aromatic nitrogens is 1. The van der Waals surface area contributed by atoms with Gasteiger partial charge in [-0.05, 0) is 24.1 Å². The summed E-state index contributed by atoms with van der Waals surface area (Å²) in [5, 5.41) is 2.75. The zero-order chi connectivity index (χ0) is 17.6. The van der Waals surface area contributed by atoms with Gasteiger partial charge >= 0.3 is 0 Å². The number of carbonyl (C=O) groups excluding carboxylic acids is 1. The number of hydrogen-bond acceptors (Lipinski definition) is 4. The van der Waals surface area contributed by atoms with Gasteiger partial charge in [0.25, 0.3) is 0 Å². The lowest BCUT2D eigenvalue weighted by atomic mass is 10.1. The van der Waals surface area contributed by atoms with Crippen LogP contribution in [0.2, 0.25) is 0 Å². The van der Waals surface area contributed by atoms with E-state index < -0.39 is 10.0 Å². The van der Waals surface area contributed by atoms with Crippen LogP contribution in [-0.2, 0) is 27.9 Å². The van der Waals surface area contributed by atoms with E-state index >= 15 is 0 Å². The Morgan fingerprint density at radius 2 is 1.96 bits per heavy atom. The van der Waals surface area contributed by atoms with Crippen LogP contribution in [-0.4, -0.2) is 36.4 Å². The van der Waals surface area contributed by atoms with Crippen LogP contribution < -0.4 is 5.32 Å². The number of hydrogen-bond donors (Lipinski definition) is 1. The second-order valence-corrected chi connectivity index (χ2v) is 7.64. The van der Waals surface area contributed by atoms with Crippen molar-refractivity contribution in [2.75, 3.05) is 12.8 Å². The van der Waals surface area contributed by atoms with Crippen molar-refractivity contribution in [3.63, 3.8) is 0 Å². The Morgan fingerprint density at radius 1 is 1.21 bits per heavy atom. The fraction of sp³-hybridized carbons (Fsp3) is 0.294. The highest BCUT2D eigenvalue weighted by Crippen LogP contribution is 2.07. The van der Waals surface area contributed by atoms with Crippen molar-refractivity contribution >= 4 is 15.9 Å². The van der Waals surface area contributed by atoms with Crippen LogP contribution >= 0.6 is 0 Å². The van der Waals surface area contributed by atoms with Gasteiger partial charge in [-0.2, -0.15) is 4.31 Å². The zero-order valence-corrected chi connectivity index (χ0v) is 14.6. The minimum atomic E-state index is -3.50. The molecule has 1 heterocycles. The first-order valence-electron chi connectivity index (χ1n) is 7.51. The van der Waals surface area contributed by atoms with Gasteiger partial charge in [0.1, 0.15) is 0 Å². The quantitative estimate of drug-likeness (QED) is 0.822. The van der Waals surface area contributed by atoms with Crippen LogP contribution in [0.25, 0.3) is 0 Å². The minimum Gasteiger partial charge on any atom is -0.351 e. The second kappa shape index (κ2) is 8.03. The molecule has 0 bridgehead atoms. The first-order valence-corrected chi connectivity index (χ1v) is 9.36. The van der Waals surface area contributed by atoms with Crippen LogP contribution in [0.3, 0.4) is 0 Å². The molecule has 1 N–H and O–H groups in total. The standard InChI is InChI=1S/C17H21N3O3S/c1-14-5-3-6-15(9-14)11-19-17(21)13-20(24(2,22)23)12-16-7-4-8-18-10-16/h3-10H,11-13H2,1-2H3,(H,19,21). The van der Waals surface area contributed by atoms with Crippen molar-refractivity contribution in [3.05, 3.63) is 65.5 Å². The van der Waals surface area contributed by atoms with E-state index in [1.165, 1.54) is 0 Å². The first-order chi connectivity index (χ1) is 11.3. The highest BCUT2D eigenvalue weighted by Gasteiger charge is 2.20. The minimum absolute atomic E-state index is 0.116. The number of nitrogens with zero attached hydrogens (tertiary/aromatic N) is 2. The molecule has 1 aromatic carbocycles. The van der Waals surface area contributed by atoms with Gasteiger partial charge < -0.3 is 5.32 Å². The number of aryl methyl sites for hydroxylation is 1. The summed E-state index contributed by atoms with van der Waals surface area (Å²) < 4.78 is 25.0. The van der Waals surface area contributed by atoms with Crippen LogP contribution in [0, 0.1) is 6.92 Å². The molecule has 24 heavy (non-hydrogen) atoms. The van der Waals surface area contributed by atoms with Crippen molar-refractivity contribution in [2.45, 2.75) is 20.0 Å². The molecule has 7 heteroatoms. The number of pyridine rings is 1. The number of sulfonamides is 1. The van der Waals surface area contributed by atoms with Gasteiger partial charge in [-0.15, -0.1) is 0 Å². The summed E-state index contributed by atoms with van der Waals surface area (Å²) >= 11 is 0. The van der Waals surface area contributed by atoms with E-state index in [1.807, 2.05) is 31.2 Å². The van der Waals surface area contributed by atoms with Gasteiger partial charge in [0.2, 0.25) is 15.9 Å². The smallest absolute Gasteiger partial charge is 0.235 e. The Hall–Kier alpha value is -2.25. The molecule has 6 nitrogen and oxygen atoms in total. The maximum atomic E-state index is 12.1. The van der Waals surface area contributed by atoms with E-state index in [4.69, 9.17) is 0 Å². The van der Waals surface area contributed by atoms with E-state index in [0.717, 1.165) is 27.3 Å². The molecule has 1 aromatic heterocycles. The van der Waals surface area contributed by atoms with Crippen molar-refractivity contribution in [1.29, 1.82) is 0 Å². The first kappa shape index (κ1) is 18.1. The molecule has 0 fully saturated rings. The van der Waals surface area contributed by atoms with Gasteiger partial charge in [-0.3, -0.25) is 9.78 Å². The summed E-state index contributed by atoms with van der Waals surface area (Å²) in [7, 11) is -3.50. The van der Waals surface area contributed by atoms with E-state index in [2.05, 4.69) is 10.3 Å². The largest absolute Gasteiger partial charge is 0.351 e. The van der Waals surface area contributed by atoms with E-state index in [-0.39, 0.29) is 19.0 Å². The molecule has 2 aromatic rings. The fourth-order valence-electron chi connectivity index (χ4n) is 2.22. The highest BCUT2D eigenvalue weighted by molar-refractivity contribution is 7.88. The Bertz CT molecular complexity index is 792. The van der Waals surface area contributed by atoms with Gasteiger partial charge in [0.15, 0.2) is 0 Å². The Balaban J connectivity index is 1.97. The third kappa shape index (κ3) is 5.75. The molecule has 0 unspecified atom stereocenters. The van der Waals surface area contributed by atoms with E-state index in [0.29, 0.717) is 6.54 Å². The molecule has 2 rings (SSSR count). The number of nitrogens with one attached hydrogen (secondary N) is 1. The van der Waals surface area contributed by atoms with Crippen LogP contribution in [0.4, 0.5) is 0 Å². The zero-order valence-electron chi connectivity index (χ0n) is 13.8. The molecule has 128 valence electrons. The third-order valence-electron chi connectivity index (χ3n) is 3.44. The van der Waals surface area contributed by atoms with E-state index in [1.54, 1.807) is 24.5 Å². The van der Waals surface area contributed by atoms with Crippen LogP contribution in [0.5, 0.6) is 0 Å². The third-order valence-corrected chi connectivity index (χ3v) is 4.64. The average molecular weight is 347 g/mol. The summed E-state index contributed by atoms with van der Waals surface area (Å²) in [4.78, 5) is 16.1. The molecular weight excluding hydrogens is 326 g/mol. The molecule has 0 spiro atoms. The molecule has 0 saturated carbocycles. The molecule has 1 amide bonds. The Labute approximate surface area is 142 Å². The lowest BCUT2D eigenvalue weighted by molar-refractivity contribution is -0.121. The fourth-order valence-corrected chi connectivity index (χ4v) is 2.96. The summed E-state index contributed by atoms with van der Waals surface area (Å²) in [6.07, 6.45) is 4.29. The summed E-state index contributed by atoms with van der Waals surface area (Å²) in [6.45, 7) is 2.24. The average Bonchev–Trinajstić information content (AvgIpc) is 2.52. The summed E-state index contributed by atoms with van der Waals surface area (Å²) in [5.74, 6) is -0.342. The van der Waals surface area contributed by atoms with Gasteiger partial charge in [0.05, 0.1) is 12.8 Å². The summed E-state index contributed by atoms with van der Waals surface area (Å²) in [6, 6.07) is 11.3. The number of amides is 1. The SMILES string of the molecule is Cc1cccc(CNC(=O)CN(Cc2cccnc2)S(C)(=O)=O)c1. The highest BCUT2D eigenvalue weighted by atomic mass is 32.2. The number of rotatable bonds is 7. The summed E-state index contributed by atoms with van der Waals surface area (Å²) in [5.41, 5.74) is 2.81. The van der Waals surface area contributed by atoms with Crippen molar-refractivity contribution in [2.24, 2.45) is 0 Å².